The summed E-state index contributed by atoms with van der Waals surface area (Å²) >= 11 is 6.27. The molecule has 0 N–H and O–H groups in total. The lowest BCUT2D eigenvalue weighted by Gasteiger charge is -2.20. The van der Waals surface area contributed by atoms with Crippen molar-refractivity contribution in [1.29, 1.82) is 5.26 Å². The second-order valence-corrected chi connectivity index (χ2v) is 9.70. The predicted octanol–water partition coefficient (Wildman–Crippen LogP) is 8.48. The molecule has 0 saturated carbocycles. The van der Waals surface area contributed by atoms with E-state index in [9.17, 15) is 0 Å². The lowest BCUT2D eigenvalue weighted by Crippen LogP contribution is -2.19. The Bertz CT molecular complexity index is 1410. The fourth-order valence-electron chi connectivity index (χ4n) is 4.39. The van der Waals surface area contributed by atoms with Crippen molar-refractivity contribution in [2.75, 3.05) is 11.4 Å². The van der Waals surface area contributed by atoms with Crippen LogP contribution in [0.5, 0.6) is 23.0 Å². The Labute approximate surface area is 217 Å². The van der Waals surface area contributed by atoms with Crippen LogP contribution < -0.4 is 14.4 Å². The third-order valence-corrected chi connectivity index (χ3v) is 6.71. The maximum atomic E-state index is 9.02. The highest BCUT2D eigenvalue weighted by atomic mass is 35.5. The Morgan fingerprint density at radius 3 is 2.22 bits per heavy atom. The van der Waals surface area contributed by atoms with Crippen molar-refractivity contribution in [2.45, 2.75) is 32.7 Å². The van der Waals surface area contributed by atoms with E-state index in [0.717, 1.165) is 36.8 Å². The number of hydrogen-bond acceptors (Lipinski definition) is 4. The molecule has 0 amide bonds. The van der Waals surface area contributed by atoms with Crippen LogP contribution >= 0.6 is 11.6 Å². The molecule has 1 heterocycles. The van der Waals surface area contributed by atoms with E-state index < -0.39 is 0 Å². The maximum absolute atomic E-state index is 9.02. The Kier molecular flexibility index (Phi) is 6.84. The van der Waals surface area contributed by atoms with Crippen LogP contribution in [0.4, 0.5) is 5.69 Å². The van der Waals surface area contributed by atoms with Crippen LogP contribution in [0.3, 0.4) is 0 Å². The van der Waals surface area contributed by atoms with E-state index in [-0.39, 0.29) is 0 Å². The van der Waals surface area contributed by atoms with E-state index in [1.807, 2.05) is 30.3 Å². The summed E-state index contributed by atoms with van der Waals surface area (Å²) in [4.78, 5) is 2.38. The minimum atomic E-state index is 0.427. The molecule has 180 valence electrons. The van der Waals surface area contributed by atoms with Crippen LogP contribution in [0.1, 0.15) is 42.0 Å². The van der Waals surface area contributed by atoms with Gasteiger partial charge in [0.05, 0.1) is 16.7 Å². The van der Waals surface area contributed by atoms with Crippen molar-refractivity contribution in [3.05, 3.63) is 112 Å². The van der Waals surface area contributed by atoms with Gasteiger partial charge in [0.2, 0.25) is 0 Å². The quantitative estimate of drug-likeness (QED) is 0.258. The molecule has 4 nitrogen and oxygen atoms in total. The van der Waals surface area contributed by atoms with E-state index in [2.05, 4.69) is 61.2 Å². The fourth-order valence-corrected chi connectivity index (χ4v) is 4.61. The Hall–Kier alpha value is -3.94. The lowest BCUT2D eigenvalue weighted by molar-refractivity contribution is 0.482. The van der Waals surface area contributed by atoms with E-state index in [1.54, 1.807) is 18.2 Å². The van der Waals surface area contributed by atoms with Gasteiger partial charge >= 0.3 is 0 Å². The molecule has 1 aliphatic rings. The first-order valence-corrected chi connectivity index (χ1v) is 12.5. The zero-order valence-electron chi connectivity index (χ0n) is 20.4. The first-order chi connectivity index (χ1) is 17.5. The van der Waals surface area contributed by atoms with E-state index in [0.29, 0.717) is 22.3 Å². The number of anilines is 1. The van der Waals surface area contributed by atoms with Crippen LogP contribution in [0.15, 0.2) is 84.9 Å². The van der Waals surface area contributed by atoms with Crippen molar-refractivity contribution in [2.24, 2.45) is 0 Å². The van der Waals surface area contributed by atoms with Crippen LogP contribution in [0.25, 0.3) is 0 Å². The molecular formula is C31H27ClN2O2. The number of nitriles is 1. The Morgan fingerprint density at radius 2 is 1.56 bits per heavy atom. The Morgan fingerprint density at radius 1 is 0.861 bits per heavy atom. The number of fused-ring (bicyclic) bond motifs is 1. The zero-order valence-corrected chi connectivity index (χ0v) is 21.1. The van der Waals surface area contributed by atoms with Gasteiger partial charge in [0, 0.05) is 18.8 Å². The summed E-state index contributed by atoms with van der Waals surface area (Å²) in [5, 5.41) is 9.44. The van der Waals surface area contributed by atoms with Crippen LogP contribution in [0, 0.1) is 11.3 Å². The van der Waals surface area contributed by atoms with Crippen molar-refractivity contribution < 1.29 is 9.47 Å². The number of rotatable bonds is 7. The fraction of sp³-hybridized carbons (Fsp3) is 0.194. The van der Waals surface area contributed by atoms with Gasteiger partial charge in [-0.05, 0) is 89.7 Å². The van der Waals surface area contributed by atoms with Crippen molar-refractivity contribution in [1.82, 2.24) is 0 Å². The maximum Gasteiger partial charge on any atom is 0.146 e. The average Bonchev–Trinajstić information content (AvgIpc) is 3.28. The van der Waals surface area contributed by atoms with Crippen LogP contribution in [-0.4, -0.2) is 6.54 Å². The largest absolute Gasteiger partial charge is 0.457 e. The van der Waals surface area contributed by atoms with Crippen LogP contribution in [0.2, 0.25) is 5.02 Å². The number of halogens is 1. The first-order valence-electron chi connectivity index (χ1n) is 12.1. The second-order valence-electron chi connectivity index (χ2n) is 9.29. The van der Waals surface area contributed by atoms with Crippen molar-refractivity contribution in [3.63, 3.8) is 0 Å². The molecule has 0 fully saturated rings. The smallest absolute Gasteiger partial charge is 0.146 e. The van der Waals surface area contributed by atoms with E-state index >= 15 is 0 Å². The number of nitrogens with zero attached hydrogens (tertiary/aromatic N) is 2. The summed E-state index contributed by atoms with van der Waals surface area (Å²) in [6.45, 7) is 6.16. The van der Waals surface area contributed by atoms with Gasteiger partial charge in [0.15, 0.2) is 0 Å². The van der Waals surface area contributed by atoms with E-state index in [1.165, 1.54) is 22.4 Å². The highest BCUT2D eigenvalue weighted by Gasteiger charge is 2.20. The average molecular weight is 495 g/mol. The molecule has 0 atom stereocenters. The molecule has 4 aromatic carbocycles. The van der Waals surface area contributed by atoms with Crippen molar-refractivity contribution in [3.8, 4) is 29.1 Å². The molecule has 0 bridgehead atoms. The summed E-state index contributed by atoms with van der Waals surface area (Å²) in [5.74, 6) is 3.48. The minimum Gasteiger partial charge on any atom is -0.457 e. The topological polar surface area (TPSA) is 45.5 Å². The van der Waals surface area contributed by atoms with Gasteiger partial charge in [0.1, 0.15) is 23.0 Å². The summed E-state index contributed by atoms with van der Waals surface area (Å²) < 4.78 is 12.0. The molecule has 5 heteroatoms. The van der Waals surface area contributed by atoms with E-state index in [4.69, 9.17) is 26.3 Å². The number of hydrogen-bond donors (Lipinski definition) is 0. The van der Waals surface area contributed by atoms with Gasteiger partial charge in [0.25, 0.3) is 0 Å². The molecule has 0 aromatic heterocycles. The molecule has 0 radical (unpaired) electrons. The Balaban J connectivity index is 1.22. The van der Waals surface area contributed by atoms with Gasteiger partial charge < -0.3 is 14.4 Å². The highest BCUT2D eigenvalue weighted by molar-refractivity contribution is 6.32. The van der Waals surface area contributed by atoms with Gasteiger partial charge in [-0.15, -0.1) is 0 Å². The van der Waals surface area contributed by atoms with Gasteiger partial charge in [-0.3, -0.25) is 0 Å². The minimum absolute atomic E-state index is 0.427. The zero-order chi connectivity index (χ0) is 25.1. The molecule has 1 aliphatic heterocycles. The number of benzene rings is 4. The highest BCUT2D eigenvalue weighted by Crippen LogP contribution is 2.36. The molecule has 36 heavy (non-hydrogen) atoms. The normalized spacial score (nSPS) is 12.4. The third kappa shape index (κ3) is 5.32. The molecule has 0 spiro atoms. The van der Waals surface area contributed by atoms with Crippen molar-refractivity contribution >= 4 is 17.3 Å². The van der Waals surface area contributed by atoms with Gasteiger partial charge in [-0.1, -0.05) is 49.7 Å². The second kappa shape index (κ2) is 10.4. The summed E-state index contributed by atoms with van der Waals surface area (Å²) in [6.07, 6.45) is 0.960. The first kappa shape index (κ1) is 23.8. The van der Waals surface area contributed by atoms with Gasteiger partial charge in [-0.2, -0.15) is 5.26 Å². The lowest BCUT2D eigenvalue weighted by atomic mass is 10.0. The van der Waals surface area contributed by atoms with Crippen LogP contribution in [-0.2, 0) is 13.0 Å². The molecule has 0 saturated heterocycles. The van der Waals surface area contributed by atoms with Gasteiger partial charge in [-0.25, -0.2) is 0 Å². The summed E-state index contributed by atoms with van der Waals surface area (Å²) in [7, 11) is 0. The predicted molar refractivity (Wildman–Crippen MR) is 144 cm³/mol. The number of ether oxygens (including phenoxy) is 2. The SMILES string of the molecule is CC(C)c1ccc(Oc2ccc(CN3CCc4cc(Oc5ccc(C#N)cc5Cl)ccc43)cc2)cc1. The molecule has 0 unspecified atom stereocenters. The molecule has 5 rings (SSSR count). The molecular weight excluding hydrogens is 468 g/mol. The monoisotopic (exact) mass is 494 g/mol. The summed E-state index contributed by atoms with van der Waals surface area (Å²) in [5.41, 5.74) is 5.52. The third-order valence-electron chi connectivity index (χ3n) is 6.41. The molecule has 4 aromatic rings. The summed E-state index contributed by atoms with van der Waals surface area (Å²) in [6, 6.07) is 29.9. The molecule has 0 aliphatic carbocycles. The standard InChI is InChI=1S/C31H27ClN2O2/c1-21(2)24-6-10-27(11-7-24)35-26-8-3-22(4-9-26)20-34-16-15-25-18-28(12-13-30(25)34)36-31-14-5-23(19-33)17-29(31)32/h3-14,17-18,21H,15-16,20H2,1-2H3.